The highest BCUT2D eigenvalue weighted by atomic mass is 35.5. The Bertz CT molecular complexity index is 1570. The molecule has 1 aromatic rings. The number of methoxy groups -OCH3 is 2. The third kappa shape index (κ3) is 9.48. The molecular weight excluding hydrogens is 732 g/mol. The number of carbonyl (C=O) groups is 4. The van der Waals surface area contributed by atoms with Gasteiger partial charge in [0.25, 0.3) is 0 Å². The molecule has 3 aliphatic rings. The van der Waals surface area contributed by atoms with Gasteiger partial charge in [-0.05, 0) is 51.1 Å². The van der Waals surface area contributed by atoms with Gasteiger partial charge in [-0.25, -0.2) is 4.79 Å². The fourth-order valence-corrected chi connectivity index (χ4v) is 8.35. The van der Waals surface area contributed by atoms with Crippen LogP contribution < -0.4 is 9.64 Å². The van der Waals surface area contributed by atoms with E-state index in [0.29, 0.717) is 23.6 Å². The van der Waals surface area contributed by atoms with E-state index in [1.165, 1.54) is 24.0 Å². The monoisotopic (exact) mass is 782 g/mol. The maximum Gasteiger partial charge on any atom is 0.328 e. The summed E-state index contributed by atoms with van der Waals surface area (Å²) in [5, 5.41) is 12.1. The number of benzene rings is 1. The van der Waals surface area contributed by atoms with Gasteiger partial charge in [-0.2, -0.15) is 0 Å². The summed E-state index contributed by atoms with van der Waals surface area (Å²) in [4.78, 5) is 56.4. The van der Waals surface area contributed by atoms with Gasteiger partial charge >= 0.3 is 11.9 Å². The van der Waals surface area contributed by atoms with Crippen LogP contribution in [0.15, 0.2) is 35.9 Å². The molecule has 2 saturated heterocycles. The van der Waals surface area contributed by atoms with Crippen molar-refractivity contribution < 1.29 is 48.0 Å². The smallest absolute Gasteiger partial charge is 0.328 e. The summed E-state index contributed by atoms with van der Waals surface area (Å²) in [7, 11) is 9.21. The van der Waals surface area contributed by atoms with Crippen LogP contribution in [-0.4, -0.2) is 116 Å². The zero-order chi connectivity index (χ0) is 38.5. The first-order valence-corrected chi connectivity index (χ1v) is 20.3. The number of anilines is 1. The molecule has 52 heavy (non-hydrogen) atoms. The SMILES string of the molecule is COc1cc2cc(c1Cl)N(C)C(=O)C[C@H](OC(=O)[C@H](C)N(C)C(=O)CCSSC)[C@]1(C)O[C@@H]1[C@H](C)[C@@H]1C[C@@](O)(CC(=O)O1)[C@H](OC)C=CC=C(C)C2. The van der Waals surface area contributed by atoms with Crippen LogP contribution in [-0.2, 0) is 44.5 Å². The van der Waals surface area contributed by atoms with Crippen molar-refractivity contribution in [1.82, 2.24) is 4.90 Å². The Balaban J connectivity index is 1.74. The molecule has 0 saturated carbocycles. The Morgan fingerprint density at radius 3 is 2.62 bits per heavy atom. The molecule has 3 heterocycles. The maximum atomic E-state index is 14.1. The molecule has 0 aromatic heterocycles. The third-order valence-electron chi connectivity index (χ3n) is 10.3. The number of carbonyl (C=O) groups excluding carboxylic acids is 4. The van der Waals surface area contributed by atoms with Crippen LogP contribution in [0.2, 0.25) is 5.02 Å². The summed E-state index contributed by atoms with van der Waals surface area (Å²) < 4.78 is 29.4. The van der Waals surface area contributed by atoms with Crippen LogP contribution in [0.5, 0.6) is 5.75 Å². The molecule has 4 bridgehead atoms. The summed E-state index contributed by atoms with van der Waals surface area (Å²) >= 11 is 6.76. The number of ether oxygens (including phenoxy) is 5. The molecule has 0 radical (unpaired) electrons. The van der Waals surface area contributed by atoms with Crippen LogP contribution in [0.25, 0.3) is 0 Å². The minimum absolute atomic E-state index is 0.0659. The predicted octanol–water partition coefficient (Wildman–Crippen LogP) is 5.17. The summed E-state index contributed by atoms with van der Waals surface area (Å²) in [6.07, 6.45) is 4.23. The number of nitrogens with zero attached hydrogens (tertiary/aromatic N) is 2. The van der Waals surface area contributed by atoms with Crippen LogP contribution >= 0.6 is 33.2 Å². The zero-order valence-corrected chi connectivity index (χ0v) is 33.7. The lowest BCUT2D eigenvalue weighted by Crippen LogP contribution is -2.53. The maximum absolute atomic E-state index is 14.1. The van der Waals surface area contributed by atoms with E-state index in [2.05, 4.69) is 0 Å². The average Bonchev–Trinajstić information content (AvgIpc) is 3.80. The molecule has 0 unspecified atom stereocenters. The lowest BCUT2D eigenvalue weighted by Gasteiger charge is -2.41. The van der Waals surface area contributed by atoms with Gasteiger partial charge in [0.2, 0.25) is 11.8 Å². The lowest BCUT2D eigenvalue weighted by molar-refractivity contribution is -0.187. The Kier molecular flexibility index (Phi) is 14.2. The number of allylic oxidation sites excluding steroid dienone is 3. The van der Waals surface area contributed by atoms with E-state index in [-0.39, 0.29) is 36.6 Å². The van der Waals surface area contributed by atoms with Crippen molar-refractivity contribution in [2.24, 2.45) is 5.92 Å². The predicted molar refractivity (Wildman–Crippen MR) is 203 cm³/mol. The third-order valence-corrected chi connectivity index (χ3v) is 12.5. The molecule has 2 fully saturated rings. The molecule has 15 heteroatoms. The molecule has 4 rings (SSSR count). The second-order valence-electron chi connectivity index (χ2n) is 14.0. The molecule has 3 aliphatic heterocycles. The molecule has 12 nitrogen and oxygen atoms in total. The van der Waals surface area contributed by atoms with Gasteiger partial charge in [-0.1, -0.05) is 63.9 Å². The molecule has 0 spiro atoms. The second-order valence-corrected chi connectivity index (χ2v) is 17.0. The van der Waals surface area contributed by atoms with Gasteiger partial charge in [0.1, 0.15) is 46.3 Å². The first-order valence-electron chi connectivity index (χ1n) is 17.2. The fraction of sp³-hybridized carbons (Fsp3) is 0.622. The summed E-state index contributed by atoms with van der Waals surface area (Å²) in [6.45, 7) is 7.09. The molecule has 8 atom stereocenters. The molecular formula is C37H51ClN2O10S2. The first-order chi connectivity index (χ1) is 24.5. The second kappa shape index (κ2) is 17.6. The highest BCUT2D eigenvalue weighted by molar-refractivity contribution is 8.76. The van der Waals surface area contributed by atoms with E-state index in [4.69, 9.17) is 35.3 Å². The highest BCUT2D eigenvalue weighted by Gasteiger charge is 2.64. The van der Waals surface area contributed by atoms with Crippen molar-refractivity contribution in [1.29, 1.82) is 0 Å². The number of esters is 2. The number of epoxide rings is 1. The Morgan fingerprint density at radius 1 is 1.25 bits per heavy atom. The van der Waals surface area contributed by atoms with Gasteiger partial charge < -0.3 is 38.6 Å². The van der Waals surface area contributed by atoms with Gasteiger partial charge in [0, 0.05) is 45.7 Å². The van der Waals surface area contributed by atoms with Gasteiger partial charge in [-0.15, -0.1) is 0 Å². The molecule has 0 aliphatic carbocycles. The van der Waals surface area contributed by atoms with Crippen LogP contribution in [0.3, 0.4) is 0 Å². The van der Waals surface area contributed by atoms with E-state index in [1.54, 1.807) is 67.7 Å². The van der Waals surface area contributed by atoms with Crippen LogP contribution in [0, 0.1) is 5.92 Å². The number of amides is 2. The molecule has 288 valence electrons. The van der Waals surface area contributed by atoms with Crippen molar-refractivity contribution in [3.63, 3.8) is 0 Å². The van der Waals surface area contributed by atoms with E-state index in [1.807, 2.05) is 32.2 Å². The molecule has 1 aromatic carbocycles. The summed E-state index contributed by atoms with van der Waals surface area (Å²) in [5.41, 5.74) is -0.573. The van der Waals surface area contributed by atoms with Gasteiger partial charge in [0.15, 0.2) is 0 Å². The number of likely N-dealkylation sites (N-methyl/N-ethyl adjacent to an activating group) is 1. The first kappa shape index (κ1) is 42.0. The fourth-order valence-electron chi connectivity index (χ4n) is 6.86. The Labute approximate surface area is 319 Å². The minimum Gasteiger partial charge on any atom is -0.495 e. The number of halogens is 1. The van der Waals surface area contributed by atoms with E-state index >= 15 is 0 Å². The molecule has 2 amide bonds. The summed E-state index contributed by atoms with van der Waals surface area (Å²) in [5.74, 6) is -1.42. The van der Waals surface area contributed by atoms with Gasteiger partial charge in [-0.3, -0.25) is 14.4 Å². The lowest BCUT2D eigenvalue weighted by atomic mass is 9.78. The standard InChI is InChI=1S/C37H51ClN2O10S2/c1-21-11-10-12-28(47-8)37(45)19-27(48-32(43)20-37)22(2)34-36(4,50-34)29(49-35(44)23(3)39(5)30(41)13-14-52-51-9)18-31(42)40(6)25-16-24(15-21)17-26(46-7)33(25)38/h10-12,16-17,22-23,27-29,34,45H,13-15,18-20H2,1-9H3/t22-,23+,27+,28-,29+,34-,36+,37-/m1/s1. The zero-order valence-electron chi connectivity index (χ0n) is 31.3. The Hall–Kier alpha value is -2.75. The van der Waals surface area contributed by atoms with Crippen LogP contribution in [0.1, 0.15) is 58.9 Å². The van der Waals surface area contributed by atoms with Crippen molar-refractivity contribution in [3.05, 3.63) is 46.5 Å². The minimum atomic E-state index is -1.57. The van der Waals surface area contributed by atoms with E-state index in [9.17, 15) is 24.3 Å². The van der Waals surface area contributed by atoms with Crippen molar-refractivity contribution >= 4 is 62.6 Å². The van der Waals surface area contributed by atoms with Crippen LogP contribution in [0.4, 0.5) is 5.69 Å². The highest BCUT2D eigenvalue weighted by Crippen LogP contribution is 2.50. The normalized spacial score (nSPS) is 30.1. The Morgan fingerprint density at radius 2 is 1.96 bits per heavy atom. The number of rotatable bonds is 9. The molecule has 1 N–H and O–H groups in total. The van der Waals surface area contributed by atoms with E-state index < -0.39 is 65.4 Å². The number of hydrogen-bond acceptors (Lipinski definition) is 12. The largest absolute Gasteiger partial charge is 0.495 e. The number of aliphatic hydroxyl groups is 1. The topological polar surface area (TPSA) is 144 Å². The number of hydrogen-bond donors (Lipinski definition) is 1. The van der Waals surface area contributed by atoms with Crippen molar-refractivity contribution in [2.45, 2.75) is 101 Å². The van der Waals surface area contributed by atoms with Crippen molar-refractivity contribution in [2.75, 3.05) is 45.2 Å². The van der Waals surface area contributed by atoms with Gasteiger partial charge in [0.05, 0.1) is 31.7 Å². The summed E-state index contributed by atoms with van der Waals surface area (Å²) in [6, 6.07) is 2.66. The number of fused-ring (bicyclic) bond motifs is 5. The van der Waals surface area contributed by atoms with Crippen molar-refractivity contribution in [3.8, 4) is 5.75 Å². The average molecular weight is 783 g/mol. The van der Waals surface area contributed by atoms with E-state index in [0.717, 1.165) is 11.1 Å². The quantitative estimate of drug-likeness (QED) is 0.153.